The minimum Gasteiger partial charge on any atom is -0.497 e. The van der Waals surface area contributed by atoms with E-state index in [2.05, 4.69) is 5.32 Å². The number of benzene rings is 2. The van der Waals surface area contributed by atoms with Gasteiger partial charge in [-0.15, -0.1) is 0 Å². The van der Waals surface area contributed by atoms with Crippen molar-refractivity contribution in [1.29, 1.82) is 0 Å². The number of amides is 2. The first-order chi connectivity index (χ1) is 16.1. The van der Waals surface area contributed by atoms with Gasteiger partial charge < -0.3 is 19.7 Å². The molecule has 0 saturated carbocycles. The zero-order valence-corrected chi connectivity index (χ0v) is 20.5. The number of nitrogens with zero attached hydrogens (tertiary/aromatic N) is 2. The van der Waals surface area contributed by atoms with E-state index >= 15 is 0 Å². The van der Waals surface area contributed by atoms with Crippen LogP contribution in [0.25, 0.3) is 0 Å². The SMILES string of the molecule is COc1cc(NC(=O)[C@@H]2CCCN2S(=O)(=O)c2ccc3c(c2)C[C@H](C)N3C(C)=O)cc(OC)c1. The van der Waals surface area contributed by atoms with Crippen LogP contribution in [0.15, 0.2) is 41.3 Å². The van der Waals surface area contributed by atoms with Gasteiger partial charge in [-0.05, 0) is 49.9 Å². The lowest BCUT2D eigenvalue weighted by molar-refractivity contribution is -0.119. The van der Waals surface area contributed by atoms with Crippen LogP contribution in [0.1, 0.15) is 32.3 Å². The molecule has 0 aliphatic carbocycles. The summed E-state index contributed by atoms with van der Waals surface area (Å²) in [5.74, 6) is 0.538. The Morgan fingerprint density at radius 1 is 1.06 bits per heavy atom. The Bertz CT molecular complexity index is 1210. The maximum atomic E-state index is 13.5. The first-order valence-corrected chi connectivity index (χ1v) is 12.6. The van der Waals surface area contributed by atoms with Crippen molar-refractivity contribution in [3.63, 3.8) is 0 Å². The molecule has 182 valence electrons. The number of hydrogen-bond acceptors (Lipinski definition) is 6. The molecule has 2 aromatic rings. The molecule has 0 bridgehead atoms. The standard InChI is InChI=1S/C24H29N3O6S/c1-15-10-17-11-21(7-8-22(17)27(15)16(2)28)34(30,31)26-9-5-6-23(26)24(29)25-18-12-19(32-3)14-20(13-18)33-4/h7-8,11-15,23H,5-6,9-10H2,1-4H3,(H,25,29)/t15-,23-/m0/s1. The zero-order valence-electron chi connectivity index (χ0n) is 19.7. The number of hydrogen-bond donors (Lipinski definition) is 1. The second kappa shape index (κ2) is 9.27. The minimum absolute atomic E-state index is 0.0318. The average Bonchev–Trinajstić information content (AvgIpc) is 3.42. The van der Waals surface area contributed by atoms with Gasteiger partial charge in [-0.3, -0.25) is 9.59 Å². The van der Waals surface area contributed by atoms with E-state index in [-0.39, 0.29) is 23.4 Å². The Kier molecular flexibility index (Phi) is 6.55. The van der Waals surface area contributed by atoms with E-state index in [0.717, 1.165) is 11.3 Å². The minimum atomic E-state index is -3.91. The topological polar surface area (TPSA) is 105 Å². The number of methoxy groups -OCH3 is 2. The molecule has 4 rings (SSSR count). The van der Waals surface area contributed by atoms with Crippen molar-refractivity contribution in [1.82, 2.24) is 4.31 Å². The molecule has 2 heterocycles. The summed E-state index contributed by atoms with van der Waals surface area (Å²) in [6, 6.07) is 8.95. The van der Waals surface area contributed by atoms with E-state index in [1.165, 1.54) is 31.5 Å². The Morgan fingerprint density at radius 2 is 1.74 bits per heavy atom. The van der Waals surface area contributed by atoms with Crippen molar-refractivity contribution in [2.75, 3.05) is 31.0 Å². The van der Waals surface area contributed by atoms with Gasteiger partial charge in [-0.2, -0.15) is 4.31 Å². The number of fused-ring (bicyclic) bond motifs is 1. The largest absolute Gasteiger partial charge is 0.497 e. The molecule has 1 N–H and O–H groups in total. The second-order valence-corrected chi connectivity index (χ2v) is 10.5. The van der Waals surface area contributed by atoms with Crippen molar-refractivity contribution in [2.45, 2.75) is 50.1 Å². The highest BCUT2D eigenvalue weighted by Gasteiger charge is 2.40. The van der Waals surface area contributed by atoms with Crippen LogP contribution in [0.2, 0.25) is 0 Å². The molecule has 0 spiro atoms. The fourth-order valence-electron chi connectivity index (χ4n) is 4.78. The highest BCUT2D eigenvalue weighted by molar-refractivity contribution is 7.89. The van der Waals surface area contributed by atoms with Gasteiger partial charge in [-0.1, -0.05) is 0 Å². The maximum Gasteiger partial charge on any atom is 0.243 e. The Morgan fingerprint density at radius 3 is 2.35 bits per heavy atom. The van der Waals surface area contributed by atoms with Gasteiger partial charge in [-0.25, -0.2) is 8.42 Å². The van der Waals surface area contributed by atoms with Crippen LogP contribution in [0.3, 0.4) is 0 Å². The van der Waals surface area contributed by atoms with E-state index in [1.807, 2.05) is 6.92 Å². The van der Waals surface area contributed by atoms with Gasteiger partial charge in [0.25, 0.3) is 0 Å². The predicted molar refractivity (Wildman–Crippen MR) is 128 cm³/mol. The molecular formula is C24H29N3O6S. The number of carbonyl (C=O) groups is 2. The van der Waals surface area contributed by atoms with Crippen molar-refractivity contribution in [3.05, 3.63) is 42.0 Å². The first-order valence-electron chi connectivity index (χ1n) is 11.1. The number of rotatable bonds is 6. The molecule has 34 heavy (non-hydrogen) atoms. The van der Waals surface area contributed by atoms with Crippen molar-refractivity contribution in [3.8, 4) is 11.5 Å². The fraction of sp³-hybridized carbons (Fsp3) is 0.417. The Balaban J connectivity index is 1.58. The quantitative estimate of drug-likeness (QED) is 0.672. The number of anilines is 2. The van der Waals surface area contributed by atoms with Gasteiger partial charge in [0.05, 0.1) is 19.1 Å². The van der Waals surface area contributed by atoms with Gasteiger partial charge >= 0.3 is 0 Å². The molecule has 0 unspecified atom stereocenters. The number of sulfonamides is 1. The third-order valence-electron chi connectivity index (χ3n) is 6.34. The summed E-state index contributed by atoms with van der Waals surface area (Å²) in [6.45, 7) is 3.69. The fourth-order valence-corrected chi connectivity index (χ4v) is 6.49. The summed E-state index contributed by atoms with van der Waals surface area (Å²) in [7, 11) is -0.883. The smallest absolute Gasteiger partial charge is 0.243 e. The van der Waals surface area contributed by atoms with Crippen molar-refractivity contribution < 1.29 is 27.5 Å². The van der Waals surface area contributed by atoms with Crippen molar-refractivity contribution in [2.24, 2.45) is 0 Å². The summed E-state index contributed by atoms with van der Waals surface area (Å²) < 4.78 is 38.8. The van der Waals surface area contributed by atoms with Gasteiger partial charge in [0, 0.05) is 49.1 Å². The van der Waals surface area contributed by atoms with Crippen LogP contribution in [0.5, 0.6) is 11.5 Å². The normalized spacial score (nSPS) is 20.2. The van der Waals surface area contributed by atoms with Crippen LogP contribution >= 0.6 is 0 Å². The molecule has 2 aliphatic heterocycles. The third-order valence-corrected chi connectivity index (χ3v) is 8.24. The molecular weight excluding hydrogens is 458 g/mol. The Labute approximate surface area is 199 Å². The summed E-state index contributed by atoms with van der Waals surface area (Å²) in [5, 5.41) is 2.80. The highest BCUT2D eigenvalue weighted by Crippen LogP contribution is 2.36. The van der Waals surface area contributed by atoms with E-state index in [0.29, 0.717) is 36.4 Å². The van der Waals surface area contributed by atoms with Crippen LogP contribution < -0.4 is 19.7 Å². The number of ether oxygens (including phenoxy) is 2. The van der Waals surface area contributed by atoms with Gasteiger partial charge in [0.15, 0.2) is 0 Å². The third kappa shape index (κ3) is 4.35. The van der Waals surface area contributed by atoms with Crippen molar-refractivity contribution >= 4 is 33.2 Å². The van der Waals surface area contributed by atoms with Crippen LogP contribution in [0.4, 0.5) is 11.4 Å². The predicted octanol–water partition coefficient (Wildman–Crippen LogP) is 2.79. The molecule has 1 saturated heterocycles. The average molecular weight is 488 g/mol. The zero-order chi connectivity index (χ0) is 24.6. The molecule has 2 aromatic carbocycles. The van der Waals surface area contributed by atoms with E-state index in [4.69, 9.17) is 9.47 Å². The molecule has 2 atom stereocenters. The lowest BCUT2D eigenvalue weighted by Crippen LogP contribution is -2.43. The lowest BCUT2D eigenvalue weighted by Gasteiger charge is -2.24. The summed E-state index contributed by atoms with van der Waals surface area (Å²) in [5.41, 5.74) is 2.01. The molecule has 0 radical (unpaired) electrons. The molecule has 0 aromatic heterocycles. The van der Waals surface area contributed by atoms with E-state index in [9.17, 15) is 18.0 Å². The van der Waals surface area contributed by atoms with Crippen LogP contribution in [-0.2, 0) is 26.0 Å². The molecule has 2 amide bonds. The molecule has 1 fully saturated rings. The van der Waals surface area contributed by atoms with Gasteiger partial charge in [0.2, 0.25) is 21.8 Å². The van der Waals surface area contributed by atoms with Gasteiger partial charge in [0.1, 0.15) is 17.5 Å². The summed E-state index contributed by atoms with van der Waals surface area (Å²) >= 11 is 0. The monoisotopic (exact) mass is 487 g/mol. The molecule has 9 nitrogen and oxygen atoms in total. The van der Waals surface area contributed by atoms with Crippen LogP contribution in [-0.4, -0.2) is 57.4 Å². The first kappa shape index (κ1) is 24.0. The number of carbonyl (C=O) groups excluding carboxylic acids is 2. The summed E-state index contributed by atoms with van der Waals surface area (Å²) in [6.07, 6.45) is 1.59. The van der Waals surface area contributed by atoms with Crippen LogP contribution in [0, 0.1) is 0 Å². The van der Waals surface area contributed by atoms with E-state index < -0.39 is 22.0 Å². The second-order valence-electron chi connectivity index (χ2n) is 8.60. The summed E-state index contributed by atoms with van der Waals surface area (Å²) in [4.78, 5) is 26.9. The molecule has 2 aliphatic rings. The number of nitrogens with one attached hydrogen (secondary N) is 1. The maximum absolute atomic E-state index is 13.5. The lowest BCUT2D eigenvalue weighted by atomic mass is 10.1. The highest BCUT2D eigenvalue weighted by atomic mass is 32.2. The van der Waals surface area contributed by atoms with E-state index in [1.54, 1.807) is 35.2 Å². The molecule has 10 heteroatoms. The Hall–Kier alpha value is -3.11.